The van der Waals surface area contributed by atoms with E-state index < -0.39 is 0 Å². The van der Waals surface area contributed by atoms with Gasteiger partial charge in [-0.05, 0) is 43.2 Å². The summed E-state index contributed by atoms with van der Waals surface area (Å²) < 4.78 is 13.6. The number of hydrogen-bond donors (Lipinski definition) is 1. The summed E-state index contributed by atoms with van der Waals surface area (Å²) in [5.74, 6) is 0.554. The molecule has 0 aliphatic heterocycles. The lowest BCUT2D eigenvalue weighted by molar-refractivity contribution is 0.551. The Hall–Kier alpha value is -0.890. The van der Waals surface area contributed by atoms with E-state index in [0.29, 0.717) is 17.9 Å². The third-order valence-corrected chi connectivity index (χ3v) is 2.95. The normalized spacial score (nSPS) is 18.2. The SMILES string of the molecule is Cc1cccc(CC(N)C2CC2)c1F. The highest BCUT2D eigenvalue weighted by molar-refractivity contribution is 5.25. The molecule has 1 aliphatic carbocycles. The fourth-order valence-corrected chi connectivity index (χ4v) is 1.81. The lowest BCUT2D eigenvalue weighted by atomic mass is 10.0. The van der Waals surface area contributed by atoms with Gasteiger partial charge in [0.25, 0.3) is 0 Å². The molecule has 1 aromatic carbocycles. The highest BCUT2D eigenvalue weighted by Gasteiger charge is 2.28. The smallest absolute Gasteiger partial charge is 0.129 e. The van der Waals surface area contributed by atoms with Crippen LogP contribution in [0.4, 0.5) is 4.39 Å². The van der Waals surface area contributed by atoms with Gasteiger partial charge in [-0.15, -0.1) is 0 Å². The van der Waals surface area contributed by atoms with E-state index in [-0.39, 0.29) is 11.9 Å². The van der Waals surface area contributed by atoms with Crippen molar-refractivity contribution >= 4 is 0 Å². The second-order valence-corrected chi connectivity index (χ2v) is 4.25. The van der Waals surface area contributed by atoms with E-state index in [4.69, 9.17) is 5.73 Å². The Morgan fingerprint density at radius 3 is 2.86 bits per heavy atom. The maximum absolute atomic E-state index is 13.6. The molecule has 1 aliphatic rings. The van der Waals surface area contributed by atoms with Crippen molar-refractivity contribution in [3.63, 3.8) is 0 Å². The standard InChI is InChI=1S/C12H16FN/c1-8-3-2-4-10(12(8)13)7-11(14)9-5-6-9/h2-4,9,11H,5-7,14H2,1H3. The molecule has 76 valence electrons. The summed E-state index contributed by atoms with van der Waals surface area (Å²) in [6.45, 7) is 1.79. The average Bonchev–Trinajstić information content (AvgIpc) is 2.95. The Kier molecular flexibility index (Phi) is 2.55. The van der Waals surface area contributed by atoms with Gasteiger partial charge in [0.1, 0.15) is 5.82 Å². The lowest BCUT2D eigenvalue weighted by Crippen LogP contribution is -2.25. The number of nitrogens with two attached hydrogens (primary N) is 1. The molecule has 1 nitrogen and oxygen atoms in total. The van der Waals surface area contributed by atoms with Crippen molar-refractivity contribution < 1.29 is 4.39 Å². The van der Waals surface area contributed by atoms with Crippen LogP contribution in [0.5, 0.6) is 0 Å². The minimum Gasteiger partial charge on any atom is -0.327 e. The summed E-state index contributed by atoms with van der Waals surface area (Å²) >= 11 is 0. The van der Waals surface area contributed by atoms with Gasteiger partial charge < -0.3 is 5.73 Å². The molecule has 0 spiro atoms. The van der Waals surface area contributed by atoms with Crippen molar-refractivity contribution in [1.82, 2.24) is 0 Å². The minimum absolute atomic E-state index is 0.0800. The monoisotopic (exact) mass is 193 g/mol. The number of hydrogen-bond acceptors (Lipinski definition) is 1. The Labute approximate surface area is 84.1 Å². The van der Waals surface area contributed by atoms with Crippen LogP contribution >= 0.6 is 0 Å². The summed E-state index contributed by atoms with van der Waals surface area (Å²) in [5, 5.41) is 0. The van der Waals surface area contributed by atoms with Crippen molar-refractivity contribution in [2.24, 2.45) is 11.7 Å². The third-order valence-electron chi connectivity index (χ3n) is 2.95. The largest absolute Gasteiger partial charge is 0.327 e. The van der Waals surface area contributed by atoms with Crippen molar-refractivity contribution in [1.29, 1.82) is 0 Å². The van der Waals surface area contributed by atoms with Crippen LogP contribution in [-0.2, 0) is 6.42 Å². The molecular weight excluding hydrogens is 177 g/mol. The van der Waals surface area contributed by atoms with Crippen molar-refractivity contribution in [3.05, 3.63) is 35.1 Å². The van der Waals surface area contributed by atoms with E-state index in [1.165, 1.54) is 12.8 Å². The molecule has 0 aromatic heterocycles. The highest BCUT2D eigenvalue weighted by Crippen LogP contribution is 2.33. The molecule has 0 radical (unpaired) electrons. The van der Waals surface area contributed by atoms with Gasteiger partial charge in [-0.25, -0.2) is 4.39 Å². The van der Waals surface area contributed by atoms with E-state index >= 15 is 0 Å². The predicted molar refractivity (Wildman–Crippen MR) is 55.5 cm³/mol. The first kappa shape index (κ1) is 9.66. The molecule has 14 heavy (non-hydrogen) atoms. The number of aryl methyl sites for hydroxylation is 1. The topological polar surface area (TPSA) is 26.0 Å². The van der Waals surface area contributed by atoms with Gasteiger partial charge in [0.05, 0.1) is 0 Å². The van der Waals surface area contributed by atoms with Crippen LogP contribution in [-0.4, -0.2) is 6.04 Å². The molecule has 1 atom stereocenters. The number of halogens is 1. The second-order valence-electron chi connectivity index (χ2n) is 4.25. The number of benzene rings is 1. The maximum Gasteiger partial charge on any atom is 0.129 e. The van der Waals surface area contributed by atoms with Gasteiger partial charge in [0, 0.05) is 6.04 Å². The maximum atomic E-state index is 13.6. The van der Waals surface area contributed by atoms with Gasteiger partial charge in [0.15, 0.2) is 0 Å². The Morgan fingerprint density at radius 2 is 2.21 bits per heavy atom. The van der Waals surface area contributed by atoms with Crippen LogP contribution in [0.3, 0.4) is 0 Å². The summed E-state index contributed by atoms with van der Waals surface area (Å²) in [4.78, 5) is 0. The second kappa shape index (κ2) is 3.70. The van der Waals surface area contributed by atoms with Crippen molar-refractivity contribution in [2.45, 2.75) is 32.2 Å². The van der Waals surface area contributed by atoms with Crippen molar-refractivity contribution in [2.75, 3.05) is 0 Å². The van der Waals surface area contributed by atoms with Gasteiger partial charge in [-0.2, -0.15) is 0 Å². The molecule has 1 fully saturated rings. The lowest BCUT2D eigenvalue weighted by Gasteiger charge is -2.11. The van der Waals surface area contributed by atoms with E-state index in [1.807, 2.05) is 12.1 Å². The Balaban J connectivity index is 2.11. The summed E-state index contributed by atoms with van der Waals surface area (Å²) in [5.41, 5.74) is 7.44. The van der Waals surface area contributed by atoms with Crippen molar-refractivity contribution in [3.8, 4) is 0 Å². The molecule has 1 aromatic rings. The highest BCUT2D eigenvalue weighted by atomic mass is 19.1. The Bertz CT molecular complexity index is 331. The van der Waals surface area contributed by atoms with Crippen LogP contribution in [0.1, 0.15) is 24.0 Å². The van der Waals surface area contributed by atoms with Crippen LogP contribution in [0.15, 0.2) is 18.2 Å². The quantitative estimate of drug-likeness (QED) is 0.783. The zero-order valence-corrected chi connectivity index (χ0v) is 8.46. The molecule has 2 heteroatoms. The first-order valence-corrected chi connectivity index (χ1v) is 5.18. The summed E-state index contributed by atoms with van der Waals surface area (Å²) in [6.07, 6.45) is 3.11. The van der Waals surface area contributed by atoms with Crippen LogP contribution in [0.25, 0.3) is 0 Å². The molecule has 0 amide bonds. The van der Waals surface area contributed by atoms with Gasteiger partial charge in [-0.3, -0.25) is 0 Å². The molecular formula is C12H16FN. The molecule has 0 saturated heterocycles. The molecule has 2 rings (SSSR count). The first-order chi connectivity index (χ1) is 6.68. The van der Waals surface area contributed by atoms with Crippen LogP contribution in [0, 0.1) is 18.7 Å². The molecule has 1 unspecified atom stereocenters. The van der Waals surface area contributed by atoms with Gasteiger partial charge >= 0.3 is 0 Å². The first-order valence-electron chi connectivity index (χ1n) is 5.18. The predicted octanol–water partition coefficient (Wildman–Crippen LogP) is 2.41. The average molecular weight is 193 g/mol. The zero-order valence-electron chi connectivity index (χ0n) is 8.46. The van der Waals surface area contributed by atoms with E-state index in [9.17, 15) is 4.39 Å². The van der Waals surface area contributed by atoms with Crippen LogP contribution < -0.4 is 5.73 Å². The molecule has 0 heterocycles. The third kappa shape index (κ3) is 1.95. The molecule has 1 saturated carbocycles. The Morgan fingerprint density at radius 1 is 1.50 bits per heavy atom. The molecule has 0 bridgehead atoms. The number of rotatable bonds is 3. The minimum atomic E-state index is -0.0800. The summed E-state index contributed by atoms with van der Waals surface area (Å²) in [7, 11) is 0. The fraction of sp³-hybridized carbons (Fsp3) is 0.500. The van der Waals surface area contributed by atoms with E-state index in [2.05, 4.69) is 0 Å². The fourth-order valence-electron chi connectivity index (χ4n) is 1.81. The van der Waals surface area contributed by atoms with E-state index in [1.54, 1.807) is 13.0 Å². The summed E-state index contributed by atoms with van der Waals surface area (Å²) in [6, 6.07) is 5.67. The van der Waals surface area contributed by atoms with Gasteiger partial charge in [-0.1, -0.05) is 18.2 Å². The van der Waals surface area contributed by atoms with Crippen LogP contribution in [0.2, 0.25) is 0 Å². The zero-order chi connectivity index (χ0) is 10.1. The van der Waals surface area contributed by atoms with Gasteiger partial charge in [0.2, 0.25) is 0 Å². The van der Waals surface area contributed by atoms with E-state index in [0.717, 1.165) is 5.56 Å². The molecule has 2 N–H and O–H groups in total.